The van der Waals surface area contributed by atoms with Crippen LogP contribution in [-0.2, 0) is 17.6 Å². The quantitative estimate of drug-likeness (QED) is 0.646. The number of nitrogens with one attached hydrogen (secondary N) is 2. The number of amides is 1. The summed E-state index contributed by atoms with van der Waals surface area (Å²) in [4.78, 5) is 30.6. The number of hydrogen-bond donors (Lipinski definition) is 2. The number of hydrogen-bond acceptors (Lipinski definition) is 4. The Labute approximate surface area is 145 Å². The van der Waals surface area contributed by atoms with E-state index >= 15 is 0 Å². The Hall–Kier alpha value is -2.08. The molecule has 5 nitrogen and oxygen atoms in total. The summed E-state index contributed by atoms with van der Waals surface area (Å²) >= 11 is 1.33. The Kier molecular flexibility index (Phi) is 5.04. The Bertz CT molecular complexity index is 797. The number of fused-ring (bicyclic) bond motifs is 1. The fourth-order valence-electron chi connectivity index (χ4n) is 2.84. The third kappa shape index (κ3) is 3.87. The van der Waals surface area contributed by atoms with Crippen molar-refractivity contribution in [2.24, 2.45) is 0 Å². The van der Waals surface area contributed by atoms with Gasteiger partial charge in [0.05, 0.1) is 5.75 Å². The van der Waals surface area contributed by atoms with Crippen molar-refractivity contribution in [2.75, 3.05) is 11.1 Å². The molecule has 0 saturated heterocycles. The van der Waals surface area contributed by atoms with E-state index in [9.17, 15) is 9.59 Å². The van der Waals surface area contributed by atoms with Crippen molar-refractivity contribution in [1.29, 1.82) is 0 Å². The first-order valence-electron chi connectivity index (χ1n) is 8.17. The van der Waals surface area contributed by atoms with Gasteiger partial charge in [0.2, 0.25) is 5.91 Å². The summed E-state index contributed by atoms with van der Waals surface area (Å²) in [6.45, 7) is 4.27. The monoisotopic (exact) mass is 343 g/mol. The summed E-state index contributed by atoms with van der Waals surface area (Å²) in [6, 6.07) is 7.89. The first-order valence-corrected chi connectivity index (χ1v) is 9.16. The maximum Gasteiger partial charge on any atom is 0.346 e. The van der Waals surface area contributed by atoms with Crippen LogP contribution in [0.3, 0.4) is 0 Å². The molecule has 2 N–H and O–H groups in total. The second kappa shape index (κ2) is 7.21. The molecule has 0 unspecified atom stereocenters. The van der Waals surface area contributed by atoms with Gasteiger partial charge in [0.15, 0.2) is 0 Å². The van der Waals surface area contributed by atoms with E-state index in [2.05, 4.69) is 29.1 Å². The molecular formula is C18H21N3O2S. The second-order valence-electron chi connectivity index (χ2n) is 6.27. The fourth-order valence-corrected chi connectivity index (χ4v) is 3.72. The molecule has 1 aromatic heterocycles. The summed E-state index contributed by atoms with van der Waals surface area (Å²) in [6.07, 6.45) is 2.83. The van der Waals surface area contributed by atoms with Crippen molar-refractivity contribution in [1.82, 2.24) is 9.97 Å². The molecule has 3 rings (SSSR count). The average molecular weight is 343 g/mol. The van der Waals surface area contributed by atoms with Crippen LogP contribution in [0.25, 0.3) is 0 Å². The summed E-state index contributed by atoms with van der Waals surface area (Å²) < 4.78 is 0. The standard InChI is InChI=1S/C18H21N3O2S/c1-11(2)12-6-8-13(9-7-12)19-16(22)10-24-17-14-4-3-5-15(14)20-18(23)21-17/h6-9,11H,3-5,10H2,1-2H3,(H,19,22)(H,20,21,23). The number of nitrogens with zero attached hydrogens (tertiary/aromatic N) is 1. The molecule has 1 heterocycles. The van der Waals surface area contributed by atoms with Crippen LogP contribution in [0.2, 0.25) is 0 Å². The van der Waals surface area contributed by atoms with Gasteiger partial charge in [-0.2, -0.15) is 4.98 Å². The number of benzene rings is 1. The number of anilines is 1. The van der Waals surface area contributed by atoms with Crippen molar-refractivity contribution in [3.8, 4) is 0 Å². The molecule has 6 heteroatoms. The number of rotatable bonds is 5. The van der Waals surface area contributed by atoms with E-state index in [1.165, 1.54) is 17.3 Å². The SMILES string of the molecule is CC(C)c1ccc(NC(=O)CSc2nc(=O)[nH]c3c2CCC3)cc1. The van der Waals surface area contributed by atoms with Crippen LogP contribution in [0.15, 0.2) is 34.1 Å². The molecule has 2 aromatic rings. The minimum atomic E-state index is -0.331. The van der Waals surface area contributed by atoms with Crippen LogP contribution in [0.1, 0.15) is 43.0 Å². The smallest absolute Gasteiger partial charge is 0.325 e. The predicted molar refractivity (Wildman–Crippen MR) is 96.8 cm³/mol. The maximum absolute atomic E-state index is 12.1. The second-order valence-corrected chi connectivity index (χ2v) is 7.24. The fraction of sp³-hybridized carbons (Fsp3) is 0.389. The molecule has 0 atom stereocenters. The number of carbonyl (C=O) groups is 1. The number of aromatic amines is 1. The summed E-state index contributed by atoms with van der Waals surface area (Å²) in [5, 5.41) is 3.58. The molecule has 0 aliphatic heterocycles. The minimum absolute atomic E-state index is 0.0916. The van der Waals surface area contributed by atoms with E-state index in [1.54, 1.807) is 0 Å². The number of aromatic nitrogens is 2. The summed E-state index contributed by atoms with van der Waals surface area (Å²) in [5.74, 6) is 0.621. The zero-order valence-electron chi connectivity index (χ0n) is 13.9. The van der Waals surface area contributed by atoms with E-state index in [4.69, 9.17) is 0 Å². The number of aryl methyl sites for hydroxylation is 1. The van der Waals surface area contributed by atoms with Crippen LogP contribution in [-0.4, -0.2) is 21.6 Å². The van der Waals surface area contributed by atoms with Crippen LogP contribution in [0, 0.1) is 0 Å². The molecule has 1 aliphatic rings. The minimum Gasteiger partial charge on any atom is -0.325 e. The highest BCUT2D eigenvalue weighted by molar-refractivity contribution is 8.00. The lowest BCUT2D eigenvalue weighted by molar-refractivity contribution is -0.113. The normalized spacial score (nSPS) is 13.1. The van der Waals surface area contributed by atoms with Crippen molar-refractivity contribution in [3.05, 3.63) is 51.6 Å². The van der Waals surface area contributed by atoms with Gasteiger partial charge >= 0.3 is 5.69 Å². The van der Waals surface area contributed by atoms with Crippen molar-refractivity contribution in [3.63, 3.8) is 0 Å². The zero-order valence-corrected chi connectivity index (χ0v) is 14.7. The molecule has 1 aromatic carbocycles. The number of carbonyl (C=O) groups excluding carboxylic acids is 1. The van der Waals surface area contributed by atoms with Crippen LogP contribution in [0.5, 0.6) is 0 Å². The molecule has 126 valence electrons. The number of H-pyrrole nitrogens is 1. The molecule has 0 fully saturated rings. The largest absolute Gasteiger partial charge is 0.346 e. The Morgan fingerprint density at radius 3 is 2.75 bits per heavy atom. The summed E-state index contributed by atoms with van der Waals surface area (Å²) in [5.41, 5.74) is 3.76. The van der Waals surface area contributed by atoms with E-state index in [0.29, 0.717) is 10.9 Å². The van der Waals surface area contributed by atoms with Crippen molar-refractivity contribution >= 4 is 23.4 Å². The molecule has 0 saturated carbocycles. The van der Waals surface area contributed by atoms with Gasteiger partial charge in [-0.25, -0.2) is 4.79 Å². The van der Waals surface area contributed by atoms with Gasteiger partial charge in [-0.1, -0.05) is 37.7 Å². The Morgan fingerprint density at radius 1 is 1.29 bits per heavy atom. The zero-order chi connectivity index (χ0) is 17.1. The van der Waals surface area contributed by atoms with Gasteiger partial charge in [-0.3, -0.25) is 4.79 Å². The van der Waals surface area contributed by atoms with E-state index in [-0.39, 0.29) is 17.3 Å². The van der Waals surface area contributed by atoms with Crippen LogP contribution in [0.4, 0.5) is 5.69 Å². The molecule has 1 aliphatic carbocycles. The van der Waals surface area contributed by atoms with Crippen molar-refractivity contribution < 1.29 is 4.79 Å². The lowest BCUT2D eigenvalue weighted by Crippen LogP contribution is -2.17. The third-order valence-corrected chi connectivity index (χ3v) is 5.16. The third-order valence-electron chi connectivity index (χ3n) is 4.14. The predicted octanol–water partition coefficient (Wildman–Crippen LogP) is 3.11. The molecule has 24 heavy (non-hydrogen) atoms. The lowest BCUT2D eigenvalue weighted by Gasteiger charge is -2.09. The van der Waals surface area contributed by atoms with Gasteiger partial charge in [0.25, 0.3) is 0 Å². The lowest BCUT2D eigenvalue weighted by atomic mass is 10.0. The van der Waals surface area contributed by atoms with E-state index in [1.807, 2.05) is 24.3 Å². The average Bonchev–Trinajstić information content (AvgIpc) is 3.01. The van der Waals surface area contributed by atoms with Gasteiger partial charge in [0.1, 0.15) is 5.03 Å². The van der Waals surface area contributed by atoms with Crippen LogP contribution < -0.4 is 11.0 Å². The topological polar surface area (TPSA) is 74.8 Å². The number of thioether (sulfide) groups is 1. The Balaban J connectivity index is 1.61. The van der Waals surface area contributed by atoms with E-state index < -0.39 is 0 Å². The van der Waals surface area contributed by atoms with Gasteiger partial charge in [-0.15, -0.1) is 0 Å². The van der Waals surface area contributed by atoms with Gasteiger partial charge < -0.3 is 10.3 Å². The molecule has 0 spiro atoms. The highest BCUT2D eigenvalue weighted by Gasteiger charge is 2.18. The van der Waals surface area contributed by atoms with Gasteiger partial charge in [0, 0.05) is 16.9 Å². The maximum atomic E-state index is 12.1. The summed E-state index contributed by atoms with van der Waals surface area (Å²) in [7, 11) is 0. The molecular weight excluding hydrogens is 322 g/mol. The first kappa shape index (κ1) is 16.8. The first-order chi connectivity index (χ1) is 11.5. The molecule has 1 amide bonds. The van der Waals surface area contributed by atoms with E-state index in [0.717, 1.165) is 36.2 Å². The van der Waals surface area contributed by atoms with Crippen LogP contribution >= 0.6 is 11.8 Å². The molecule has 0 bridgehead atoms. The highest BCUT2D eigenvalue weighted by Crippen LogP contribution is 2.27. The van der Waals surface area contributed by atoms with Crippen molar-refractivity contribution in [2.45, 2.75) is 44.1 Å². The Morgan fingerprint density at radius 2 is 2.04 bits per heavy atom. The highest BCUT2D eigenvalue weighted by atomic mass is 32.2. The molecule has 0 radical (unpaired) electrons. The van der Waals surface area contributed by atoms with Gasteiger partial charge in [-0.05, 0) is 42.9 Å².